The summed E-state index contributed by atoms with van der Waals surface area (Å²) in [5.41, 5.74) is 17.9. The molecule has 31 nitrogen and oxygen atoms in total. The second-order valence-electron chi connectivity index (χ2n) is 24.5. The van der Waals surface area contributed by atoms with Crippen molar-refractivity contribution >= 4 is 105 Å². The standard InChI is InChI=1S/C66H87ClN16O15/c1-35(2)27-47(58(91)77-46(11-7-24-72-66(69)70)65(98)83-26-8-12-53(83)64(97)74-36(3)56(68)89)78-61(94)50(31-40-13-18-41-9-5-6-10-42(41)28-40)80-60(93)49(30-39-16-21-44(86)22-17-39)81-63(96)52(34-84)82-57(90)45-23-25-71-55(88)33-73-54(87)32-51(75-37(4)85)62(95)79-48(59(92)76-45)29-38-14-19-43(67)20-15-38/h5-6,9-10,13-22,28,35-36,45-53,84,86H,7-8,11-12,23-27,29-34H2,1-4H3,(H2,68,89)(H,71,88)(H,73,87)(H,74,97)(H,75,85)(H,76,92)(H,77,91)(H,78,94)(H,79,95)(H,80,93)(H,81,96)(H,82,90)(H4,69,70,72)/t36-,45-,46+,47+,48-,49+,50-,51-,52+,53+/m1/s1. The van der Waals surface area contributed by atoms with Crippen molar-refractivity contribution < 1.29 is 72.5 Å². The van der Waals surface area contributed by atoms with E-state index in [0.717, 1.165) is 17.7 Å². The Hall–Kier alpha value is -10.4. The number of hydrogen-bond acceptors (Lipinski definition) is 16. The molecular formula is C66H87ClN16O15. The van der Waals surface area contributed by atoms with Gasteiger partial charge in [-0.3, -0.25) is 67.3 Å². The highest BCUT2D eigenvalue weighted by atomic mass is 35.5. The van der Waals surface area contributed by atoms with E-state index in [0.29, 0.717) is 28.1 Å². The van der Waals surface area contributed by atoms with E-state index < -0.39 is 157 Å². The van der Waals surface area contributed by atoms with E-state index in [1.807, 2.05) is 24.3 Å². The largest absolute Gasteiger partial charge is 0.508 e. The molecule has 13 amide bonds. The number of aliphatic imine (C=N–C) groups is 1. The normalized spacial score (nSPS) is 18.7. The summed E-state index contributed by atoms with van der Waals surface area (Å²) in [6, 6.07) is 9.97. The van der Waals surface area contributed by atoms with E-state index in [-0.39, 0.29) is 88.6 Å². The zero-order valence-electron chi connectivity index (χ0n) is 54.8. The molecule has 98 heavy (non-hydrogen) atoms. The van der Waals surface area contributed by atoms with Gasteiger partial charge < -0.3 is 90.8 Å². The Kier molecular flexibility index (Phi) is 29.1. The first-order valence-corrected chi connectivity index (χ1v) is 32.4. The average molecular weight is 1380 g/mol. The summed E-state index contributed by atoms with van der Waals surface area (Å²) in [4.78, 5) is 185. The molecule has 10 atom stereocenters. The van der Waals surface area contributed by atoms with Crippen LogP contribution in [0.2, 0.25) is 5.02 Å². The van der Waals surface area contributed by atoms with E-state index in [1.54, 1.807) is 44.2 Å². The Bertz CT molecular complexity index is 3570. The third-order valence-corrected chi connectivity index (χ3v) is 16.4. The molecule has 2 saturated heterocycles. The monoisotopic (exact) mass is 1380 g/mol. The summed E-state index contributed by atoms with van der Waals surface area (Å²) in [7, 11) is 0. The van der Waals surface area contributed by atoms with Crippen LogP contribution < -0.4 is 75.7 Å². The Morgan fingerprint density at radius 1 is 0.663 bits per heavy atom. The van der Waals surface area contributed by atoms with Gasteiger partial charge in [0, 0.05) is 50.8 Å². The van der Waals surface area contributed by atoms with Crippen molar-refractivity contribution in [3.8, 4) is 5.75 Å². The lowest BCUT2D eigenvalue weighted by Crippen LogP contribution is -2.61. The molecule has 4 aromatic rings. The maximum atomic E-state index is 15.1. The first-order valence-electron chi connectivity index (χ1n) is 32.1. The number of carbonyl (C=O) groups is 13. The number of phenolic OH excluding ortho intramolecular Hbond substituents is 1. The minimum absolute atomic E-state index is 0.00357. The van der Waals surface area contributed by atoms with Gasteiger partial charge in [0.25, 0.3) is 0 Å². The predicted molar refractivity (Wildman–Crippen MR) is 359 cm³/mol. The van der Waals surface area contributed by atoms with E-state index in [2.05, 4.69) is 63.5 Å². The van der Waals surface area contributed by atoms with Crippen molar-refractivity contribution in [1.82, 2.24) is 63.4 Å². The number of primary amides is 1. The van der Waals surface area contributed by atoms with Crippen molar-refractivity contribution in [3.05, 3.63) is 113 Å². The summed E-state index contributed by atoms with van der Waals surface area (Å²) >= 11 is 6.13. The van der Waals surface area contributed by atoms with Crippen LogP contribution in [0.1, 0.15) is 89.3 Å². The number of likely N-dealkylation sites (tertiary alicyclic amines) is 1. The lowest BCUT2D eigenvalue weighted by Gasteiger charge is -2.31. The molecule has 0 bridgehead atoms. The number of guanidine groups is 1. The molecule has 0 unspecified atom stereocenters. The van der Waals surface area contributed by atoms with Gasteiger partial charge >= 0.3 is 0 Å². The van der Waals surface area contributed by atoms with Gasteiger partial charge in [-0.05, 0) is 103 Å². The molecule has 0 aromatic heterocycles. The van der Waals surface area contributed by atoms with Gasteiger partial charge in [-0.2, -0.15) is 0 Å². The van der Waals surface area contributed by atoms with Gasteiger partial charge in [-0.1, -0.05) is 92.2 Å². The molecule has 0 aliphatic carbocycles. The van der Waals surface area contributed by atoms with Crippen molar-refractivity contribution in [3.63, 3.8) is 0 Å². The number of aromatic hydroxyl groups is 1. The van der Waals surface area contributed by atoms with Crippen LogP contribution in [0.3, 0.4) is 0 Å². The molecule has 2 heterocycles. The highest BCUT2D eigenvalue weighted by molar-refractivity contribution is 6.30. The second kappa shape index (κ2) is 37.2. The summed E-state index contributed by atoms with van der Waals surface area (Å²) in [5, 5.41) is 51.1. The Morgan fingerprint density at radius 3 is 1.90 bits per heavy atom. The van der Waals surface area contributed by atoms with Crippen LogP contribution in [0, 0.1) is 5.92 Å². The lowest BCUT2D eigenvalue weighted by atomic mass is 9.98. The number of hydrogen-bond donors (Lipinski definition) is 16. The SMILES string of the molecule is CC(=O)N[C@@H]1CC(=O)NCC(=O)NCC[C@H](C(=O)N[C@@H](CO)C(=O)N[C@@H](Cc2ccc(O)cc2)C(=O)N[C@H](Cc2ccc3ccccc3c2)C(=O)N[C@@H](CC(C)C)C(=O)N[C@@H](CCCN=C(N)N)C(=O)N2CCC[C@H]2C(=O)N[C@H](C)C(N)=O)NC(=O)[C@@H](Cc2ccc(Cl)cc2)NC1=O. The molecule has 0 radical (unpaired) electrons. The number of rotatable bonds is 28. The summed E-state index contributed by atoms with van der Waals surface area (Å²) < 4.78 is 0. The number of carbonyl (C=O) groups excluding carboxylic acids is 13. The number of aliphatic hydroxyl groups excluding tert-OH is 1. The number of halogens is 1. The third kappa shape index (κ3) is 24.0. The zero-order valence-corrected chi connectivity index (χ0v) is 55.6. The van der Waals surface area contributed by atoms with Crippen molar-refractivity contribution in [1.29, 1.82) is 0 Å². The number of nitrogens with two attached hydrogens (primary N) is 3. The van der Waals surface area contributed by atoms with Crippen molar-refractivity contribution in [2.24, 2.45) is 28.1 Å². The van der Waals surface area contributed by atoms with Crippen LogP contribution in [0.15, 0.2) is 96.0 Å². The van der Waals surface area contributed by atoms with E-state index in [4.69, 9.17) is 28.8 Å². The fraction of sp³-hybridized carbons (Fsp3) is 0.455. The topological polar surface area (TPSA) is 488 Å². The maximum Gasteiger partial charge on any atom is 0.245 e. The fourth-order valence-corrected chi connectivity index (χ4v) is 11.1. The Morgan fingerprint density at radius 2 is 1.27 bits per heavy atom. The maximum absolute atomic E-state index is 15.1. The van der Waals surface area contributed by atoms with Gasteiger partial charge in [0.15, 0.2) is 5.96 Å². The summed E-state index contributed by atoms with van der Waals surface area (Å²) in [6.45, 7) is 4.23. The molecule has 2 fully saturated rings. The van der Waals surface area contributed by atoms with Gasteiger partial charge in [0.05, 0.1) is 19.6 Å². The molecule has 0 saturated carbocycles. The number of benzene rings is 4. The zero-order chi connectivity index (χ0) is 71.8. The van der Waals surface area contributed by atoms with Gasteiger partial charge in [-0.15, -0.1) is 0 Å². The molecule has 2 aliphatic heterocycles. The van der Waals surface area contributed by atoms with Gasteiger partial charge in [0.1, 0.15) is 66.2 Å². The second-order valence-corrected chi connectivity index (χ2v) is 24.9. The van der Waals surface area contributed by atoms with Crippen LogP contribution in [0.5, 0.6) is 5.75 Å². The minimum Gasteiger partial charge on any atom is -0.508 e. The molecule has 32 heteroatoms. The van der Waals surface area contributed by atoms with Crippen LogP contribution >= 0.6 is 11.6 Å². The number of amides is 13. The minimum atomic E-state index is -1.88. The average Bonchev–Trinajstić information content (AvgIpc) is 1.55. The Labute approximate surface area is 570 Å². The molecule has 528 valence electrons. The fourth-order valence-electron chi connectivity index (χ4n) is 11.0. The third-order valence-electron chi connectivity index (χ3n) is 16.1. The number of aliphatic hydroxyl groups is 1. The van der Waals surface area contributed by atoms with Crippen molar-refractivity contribution in [2.75, 3.05) is 32.8 Å². The molecule has 0 spiro atoms. The Balaban J connectivity index is 1.29. The van der Waals surface area contributed by atoms with Crippen molar-refractivity contribution in [2.45, 2.75) is 152 Å². The highest BCUT2D eigenvalue weighted by Gasteiger charge is 2.40. The summed E-state index contributed by atoms with van der Waals surface area (Å²) in [6.07, 6.45) is -0.982. The summed E-state index contributed by atoms with van der Waals surface area (Å²) in [5.74, 6) is -11.8. The molecule has 19 N–H and O–H groups in total. The first kappa shape index (κ1) is 76.6. The smallest absolute Gasteiger partial charge is 0.245 e. The predicted octanol–water partition coefficient (Wildman–Crippen LogP) is -2.78. The molecule has 4 aromatic carbocycles. The quantitative estimate of drug-likeness (QED) is 0.0155. The molecular weight excluding hydrogens is 1290 g/mol. The van der Waals surface area contributed by atoms with Gasteiger partial charge in [0.2, 0.25) is 76.8 Å². The molecule has 2 aliphatic rings. The molecule has 6 rings (SSSR count). The van der Waals surface area contributed by atoms with E-state index in [9.17, 15) is 63.0 Å². The van der Waals surface area contributed by atoms with Crippen LogP contribution in [-0.2, 0) is 81.6 Å². The van der Waals surface area contributed by atoms with Crippen LogP contribution in [0.25, 0.3) is 10.8 Å². The number of nitrogens with one attached hydrogen (secondary N) is 11. The van der Waals surface area contributed by atoms with Crippen LogP contribution in [0.4, 0.5) is 0 Å². The van der Waals surface area contributed by atoms with E-state index in [1.165, 1.54) is 48.2 Å². The first-order chi connectivity index (χ1) is 46.6. The number of nitrogens with zero attached hydrogens (tertiary/aromatic N) is 2. The number of fused-ring (bicyclic) bond motifs is 1. The van der Waals surface area contributed by atoms with Gasteiger partial charge in [-0.25, -0.2) is 0 Å². The number of phenols is 1. The van der Waals surface area contributed by atoms with E-state index >= 15 is 9.59 Å². The highest BCUT2D eigenvalue weighted by Crippen LogP contribution is 2.22. The van der Waals surface area contributed by atoms with Crippen LogP contribution in [-0.4, -0.2) is 191 Å². The lowest BCUT2D eigenvalue weighted by molar-refractivity contribution is -0.142.